The molecule has 2 heterocycles. The van der Waals surface area contributed by atoms with Gasteiger partial charge >= 0.3 is 24.4 Å². The van der Waals surface area contributed by atoms with Gasteiger partial charge in [0.2, 0.25) is 0 Å². The lowest BCUT2D eigenvalue weighted by Gasteiger charge is -2.39. The molecule has 0 aromatic carbocycles. The standard InChI is InChI=1S/C25H32ClF5N4O4.O2S/c1-5-35-20(15-11-32-14(9-16(15)39-22(27)28)10-23(3,4)25(29,30)31)18(26)19(34-35)21(37)33-12-24(38)7-6-13(2)8-17(24)36;1-3-2/h9,11,13,17,22,36,38H,5-8,10,12H2,1-4H3,(H,33,37);/t13-,17-,24-;/m1./s1. The zero-order valence-electron chi connectivity index (χ0n) is 23.2. The first-order chi connectivity index (χ1) is 19.4. The van der Waals surface area contributed by atoms with E-state index in [9.17, 15) is 37.0 Å². The number of hydrogen-bond acceptors (Lipinski definition) is 8. The molecule has 2 aromatic rings. The topological polar surface area (TPSA) is 144 Å². The average molecular weight is 647 g/mol. The molecule has 10 nitrogen and oxygen atoms in total. The number of amides is 1. The third-order valence-corrected chi connectivity index (χ3v) is 7.42. The van der Waals surface area contributed by atoms with E-state index in [2.05, 4.69) is 20.1 Å². The van der Waals surface area contributed by atoms with E-state index in [0.717, 1.165) is 26.1 Å². The second-order valence-electron chi connectivity index (χ2n) is 10.7. The summed E-state index contributed by atoms with van der Waals surface area (Å²) in [6.45, 7) is 2.10. The number of pyridine rings is 1. The summed E-state index contributed by atoms with van der Waals surface area (Å²) in [5.74, 6) is -1.04. The Morgan fingerprint density at radius 3 is 2.48 bits per heavy atom. The van der Waals surface area contributed by atoms with Gasteiger partial charge in [0.25, 0.3) is 5.91 Å². The van der Waals surface area contributed by atoms with E-state index in [1.807, 2.05) is 6.92 Å². The highest BCUT2D eigenvalue weighted by Gasteiger charge is 2.47. The Kier molecular flexibility index (Phi) is 12.0. The number of nitrogens with one attached hydrogen (secondary N) is 1. The summed E-state index contributed by atoms with van der Waals surface area (Å²) < 4.78 is 89.1. The molecule has 3 N–H and O–H groups in total. The summed E-state index contributed by atoms with van der Waals surface area (Å²) in [7, 11) is 0. The fraction of sp³-hybridized carbons (Fsp3) is 0.640. The van der Waals surface area contributed by atoms with Gasteiger partial charge in [-0.15, -0.1) is 0 Å². The van der Waals surface area contributed by atoms with Gasteiger partial charge in [0.05, 0.1) is 27.8 Å². The van der Waals surface area contributed by atoms with Crippen LogP contribution in [0.5, 0.6) is 5.75 Å². The molecule has 0 aliphatic heterocycles. The third kappa shape index (κ3) is 8.45. The summed E-state index contributed by atoms with van der Waals surface area (Å²) >= 11 is 5.73. The molecule has 1 amide bonds. The first-order valence-electron chi connectivity index (χ1n) is 12.8. The Morgan fingerprint density at radius 2 is 1.95 bits per heavy atom. The minimum Gasteiger partial charge on any atom is -0.434 e. The number of aliphatic hydroxyl groups excluding tert-OH is 1. The fourth-order valence-electron chi connectivity index (χ4n) is 4.47. The molecule has 0 radical (unpaired) electrons. The van der Waals surface area contributed by atoms with Gasteiger partial charge in [-0.25, -0.2) is 0 Å². The molecule has 0 saturated heterocycles. The summed E-state index contributed by atoms with van der Waals surface area (Å²) in [5.41, 5.74) is -4.24. The van der Waals surface area contributed by atoms with E-state index in [1.165, 1.54) is 4.68 Å². The lowest BCUT2D eigenvalue weighted by Crippen LogP contribution is -2.54. The second kappa shape index (κ2) is 14.2. The van der Waals surface area contributed by atoms with Gasteiger partial charge in [-0.2, -0.15) is 35.5 Å². The van der Waals surface area contributed by atoms with Crippen LogP contribution in [0.1, 0.15) is 63.1 Å². The molecular weight excluding hydrogens is 615 g/mol. The van der Waals surface area contributed by atoms with E-state index in [0.29, 0.717) is 12.8 Å². The summed E-state index contributed by atoms with van der Waals surface area (Å²) in [6.07, 6.45) is -3.84. The number of aliphatic hydroxyl groups is 2. The highest BCUT2D eigenvalue weighted by molar-refractivity contribution is 7.51. The van der Waals surface area contributed by atoms with E-state index in [1.54, 1.807) is 6.92 Å². The number of carbonyl (C=O) groups is 1. The molecule has 3 rings (SSSR count). The van der Waals surface area contributed by atoms with Crippen LogP contribution in [-0.2, 0) is 24.5 Å². The molecule has 236 valence electrons. The Morgan fingerprint density at radius 1 is 1.33 bits per heavy atom. The zero-order chi connectivity index (χ0) is 32.0. The first-order valence-corrected chi connectivity index (χ1v) is 13.8. The Labute approximate surface area is 247 Å². The van der Waals surface area contributed by atoms with Gasteiger partial charge in [-0.3, -0.25) is 14.5 Å². The maximum atomic E-state index is 13.4. The predicted molar refractivity (Wildman–Crippen MR) is 142 cm³/mol. The highest BCUT2D eigenvalue weighted by atomic mass is 35.5. The molecule has 17 heteroatoms. The van der Waals surface area contributed by atoms with Crippen molar-refractivity contribution in [2.45, 2.75) is 84.4 Å². The Balaban J connectivity index is 0.00000197. The summed E-state index contributed by atoms with van der Waals surface area (Å²) in [4.78, 5) is 17.0. The molecule has 0 unspecified atom stereocenters. The smallest absolute Gasteiger partial charge is 0.394 e. The lowest BCUT2D eigenvalue weighted by atomic mass is 9.77. The van der Waals surface area contributed by atoms with Gasteiger partial charge in [0, 0.05) is 37.5 Å². The Bertz CT molecular complexity index is 1290. The van der Waals surface area contributed by atoms with Crippen LogP contribution in [0.15, 0.2) is 12.3 Å². The minimum absolute atomic E-state index is 0.000615. The van der Waals surface area contributed by atoms with Crippen molar-refractivity contribution >= 4 is 29.1 Å². The number of carbonyl (C=O) groups excluding carboxylic acids is 1. The van der Waals surface area contributed by atoms with Crippen LogP contribution in [0, 0.1) is 11.3 Å². The minimum atomic E-state index is -4.57. The van der Waals surface area contributed by atoms with Gasteiger partial charge < -0.3 is 20.3 Å². The second-order valence-corrected chi connectivity index (χ2v) is 11.2. The van der Waals surface area contributed by atoms with Crippen LogP contribution >= 0.6 is 11.6 Å². The molecule has 3 atom stereocenters. The number of nitrogens with zero attached hydrogens (tertiary/aromatic N) is 3. The van der Waals surface area contributed by atoms with Crippen LogP contribution < -0.4 is 10.1 Å². The number of aromatic nitrogens is 3. The maximum absolute atomic E-state index is 13.4. The number of halogens is 6. The van der Waals surface area contributed by atoms with Crippen molar-refractivity contribution < 1.29 is 50.1 Å². The lowest BCUT2D eigenvalue weighted by molar-refractivity contribution is -0.211. The van der Waals surface area contributed by atoms with Crippen molar-refractivity contribution in [3.8, 4) is 17.0 Å². The van der Waals surface area contributed by atoms with Crippen molar-refractivity contribution in [2.75, 3.05) is 6.54 Å². The molecule has 1 aliphatic carbocycles. The van der Waals surface area contributed by atoms with E-state index >= 15 is 0 Å². The van der Waals surface area contributed by atoms with Crippen LogP contribution in [0.25, 0.3) is 11.3 Å². The molecule has 0 bridgehead atoms. The van der Waals surface area contributed by atoms with E-state index in [4.69, 9.17) is 20.0 Å². The van der Waals surface area contributed by atoms with Gasteiger partial charge in [-0.1, -0.05) is 32.4 Å². The molecular formula is C25H32ClF5N4O6S. The molecule has 1 fully saturated rings. The molecule has 42 heavy (non-hydrogen) atoms. The molecule has 0 spiro atoms. The Hall–Kier alpha value is -2.69. The predicted octanol–water partition coefficient (Wildman–Crippen LogP) is 4.32. The number of aryl methyl sites for hydroxylation is 1. The van der Waals surface area contributed by atoms with Crippen molar-refractivity contribution in [2.24, 2.45) is 11.3 Å². The zero-order valence-corrected chi connectivity index (χ0v) is 24.7. The largest absolute Gasteiger partial charge is 0.434 e. The van der Waals surface area contributed by atoms with Crippen LogP contribution in [0.2, 0.25) is 5.02 Å². The summed E-state index contributed by atoms with van der Waals surface area (Å²) in [6, 6.07) is 0.985. The van der Waals surface area contributed by atoms with Crippen LogP contribution in [0.3, 0.4) is 0 Å². The number of alkyl halides is 5. The van der Waals surface area contributed by atoms with Crippen molar-refractivity contribution in [3.05, 3.63) is 28.7 Å². The van der Waals surface area contributed by atoms with Crippen molar-refractivity contribution in [1.82, 2.24) is 20.1 Å². The van der Waals surface area contributed by atoms with Gasteiger partial charge in [-0.05, 0) is 32.1 Å². The number of hydrogen-bond donors (Lipinski definition) is 3. The first kappa shape index (κ1) is 35.5. The van der Waals surface area contributed by atoms with Crippen LogP contribution in [-0.4, -0.2) is 70.3 Å². The van der Waals surface area contributed by atoms with Crippen LogP contribution in [0.4, 0.5) is 22.0 Å². The van der Waals surface area contributed by atoms with E-state index < -0.39 is 59.6 Å². The van der Waals surface area contributed by atoms with Gasteiger partial charge in [0.1, 0.15) is 11.4 Å². The number of rotatable bonds is 9. The molecule has 1 aliphatic rings. The highest BCUT2D eigenvalue weighted by Crippen LogP contribution is 2.42. The molecule has 1 saturated carbocycles. The van der Waals surface area contributed by atoms with Gasteiger partial charge in [0.15, 0.2) is 5.69 Å². The summed E-state index contributed by atoms with van der Waals surface area (Å²) in [5, 5.41) is 27.6. The fourth-order valence-corrected chi connectivity index (χ4v) is 4.80. The van der Waals surface area contributed by atoms with E-state index in [-0.39, 0.29) is 53.1 Å². The number of ether oxygens (including phenoxy) is 1. The average Bonchev–Trinajstić information content (AvgIpc) is 3.21. The maximum Gasteiger partial charge on any atom is 0.394 e. The normalized spacial score (nSPS) is 21.0. The monoisotopic (exact) mass is 646 g/mol. The SMILES string of the molecule is CCn1nc(C(=O)NC[C@]2(O)CC[C@@H](C)C[C@H]2O)c(Cl)c1-c1cnc(CC(C)(C)C(F)(F)F)cc1OC(F)F.O=S=O. The van der Waals surface area contributed by atoms with Crippen molar-refractivity contribution in [3.63, 3.8) is 0 Å². The third-order valence-electron chi connectivity index (χ3n) is 7.06. The van der Waals surface area contributed by atoms with Crippen molar-refractivity contribution in [1.29, 1.82) is 0 Å². The quantitative estimate of drug-likeness (QED) is 0.342. The molecule has 2 aromatic heterocycles.